The Morgan fingerprint density at radius 2 is 1.71 bits per heavy atom. The molecular weight excluding hydrogens is 415 g/mol. The van der Waals surface area contributed by atoms with E-state index in [1.54, 1.807) is 12.1 Å². The number of carbonyl (C=O) groups is 3. The number of carbonyl (C=O) groups excluding carboxylic acids is 3. The highest BCUT2D eigenvalue weighted by molar-refractivity contribution is 6.23. The lowest BCUT2D eigenvalue weighted by atomic mass is 10.1. The SMILES string of the molecule is CC(C(=O)Nc1cc(C(F)(F)F)ccc1-n1cncn1)N1C(=O)c2ccccc2C1=O. The van der Waals surface area contributed by atoms with Gasteiger partial charge in [0.05, 0.1) is 28.1 Å². The Morgan fingerprint density at radius 3 is 2.26 bits per heavy atom. The van der Waals surface area contributed by atoms with Gasteiger partial charge < -0.3 is 5.32 Å². The van der Waals surface area contributed by atoms with Crippen molar-refractivity contribution >= 4 is 23.4 Å². The molecular formula is C20H14F3N5O3. The van der Waals surface area contributed by atoms with Crippen molar-refractivity contribution < 1.29 is 27.6 Å². The fourth-order valence-corrected chi connectivity index (χ4v) is 3.26. The molecule has 1 N–H and O–H groups in total. The largest absolute Gasteiger partial charge is 0.416 e. The van der Waals surface area contributed by atoms with E-state index < -0.39 is 35.5 Å². The molecule has 31 heavy (non-hydrogen) atoms. The molecule has 4 rings (SSSR count). The normalized spacial score (nSPS) is 14.5. The standard InChI is InChI=1S/C20H14F3N5O3/c1-11(28-18(30)13-4-2-3-5-14(13)19(28)31)17(29)26-15-8-12(20(21,22)23)6-7-16(15)27-10-24-9-25-27/h2-11H,1H3,(H,26,29). The molecule has 0 fully saturated rings. The van der Waals surface area contributed by atoms with Crippen molar-refractivity contribution in [2.45, 2.75) is 19.1 Å². The Morgan fingerprint density at radius 1 is 1.06 bits per heavy atom. The highest BCUT2D eigenvalue weighted by Gasteiger charge is 2.41. The van der Waals surface area contributed by atoms with Crippen LogP contribution in [0.15, 0.2) is 55.1 Å². The molecule has 1 unspecified atom stereocenters. The molecule has 158 valence electrons. The van der Waals surface area contributed by atoms with Crippen LogP contribution in [0.25, 0.3) is 5.69 Å². The van der Waals surface area contributed by atoms with Crippen molar-refractivity contribution in [1.82, 2.24) is 19.7 Å². The molecule has 1 aliphatic heterocycles. The van der Waals surface area contributed by atoms with E-state index in [2.05, 4.69) is 15.4 Å². The summed E-state index contributed by atoms with van der Waals surface area (Å²) in [6.45, 7) is 1.32. The molecule has 2 aromatic carbocycles. The molecule has 0 saturated carbocycles. The first-order valence-electron chi connectivity index (χ1n) is 9.02. The predicted molar refractivity (Wildman–Crippen MR) is 101 cm³/mol. The highest BCUT2D eigenvalue weighted by atomic mass is 19.4. The monoisotopic (exact) mass is 429 g/mol. The summed E-state index contributed by atoms with van der Waals surface area (Å²) < 4.78 is 40.8. The smallest absolute Gasteiger partial charge is 0.322 e. The second-order valence-electron chi connectivity index (χ2n) is 6.76. The van der Waals surface area contributed by atoms with Crippen molar-refractivity contribution in [3.63, 3.8) is 0 Å². The van der Waals surface area contributed by atoms with E-state index >= 15 is 0 Å². The number of imide groups is 1. The maximum absolute atomic E-state index is 13.2. The van der Waals surface area contributed by atoms with Crippen LogP contribution in [0.1, 0.15) is 33.2 Å². The molecule has 0 radical (unpaired) electrons. The Bertz CT molecular complexity index is 1160. The molecule has 1 aromatic heterocycles. The van der Waals surface area contributed by atoms with Crippen LogP contribution in [-0.2, 0) is 11.0 Å². The van der Waals surface area contributed by atoms with E-state index in [-0.39, 0.29) is 22.5 Å². The number of hydrogen-bond acceptors (Lipinski definition) is 5. The number of alkyl halides is 3. The van der Waals surface area contributed by atoms with Crippen molar-refractivity contribution in [2.24, 2.45) is 0 Å². The number of amides is 3. The van der Waals surface area contributed by atoms with Gasteiger partial charge in [-0.05, 0) is 37.3 Å². The summed E-state index contributed by atoms with van der Waals surface area (Å²) in [5, 5.41) is 6.26. The number of benzene rings is 2. The maximum atomic E-state index is 13.2. The minimum Gasteiger partial charge on any atom is -0.322 e. The van der Waals surface area contributed by atoms with Crippen molar-refractivity contribution in [1.29, 1.82) is 0 Å². The molecule has 2 heterocycles. The molecule has 0 saturated heterocycles. The van der Waals surface area contributed by atoms with E-state index in [9.17, 15) is 27.6 Å². The summed E-state index contributed by atoms with van der Waals surface area (Å²) in [5.74, 6) is -2.14. The van der Waals surface area contributed by atoms with Gasteiger partial charge in [0.15, 0.2) is 0 Å². The van der Waals surface area contributed by atoms with Gasteiger partial charge in [0.1, 0.15) is 18.7 Å². The average molecular weight is 429 g/mol. The zero-order chi connectivity index (χ0) is 22.3. The van der Waals surface area contributed by atoms with Crippen LogP contribution in [0.2, 0.25) is 0 Å². The number of nitrogens with one attached hydrogen (secondary N) is 1. The molecule has 0 aliphatic carbocycles. The first-order chi connectivity index (χ1) is 14.7. The van der Waals surface area contributed by atoms with Crippen molar-refractivity contribution in [3.05, 3.63) is 71.8 Å². The minimum atomic E-state index is -4.64. The van der Waals surface area contributed by atoms with Gasteiger partial charge in [0.25, 0.3) is 11.8 Å². The molecule has 8 nitrogen and oxygen atoms in total. The summed E-state index contributed by atoms with van der Waals surface area (Å²) in [6, 6.07) is 7.58. The van der Waals surface area contributed by atoms with E-state index in [1.807, 2.05) is 0 Å². The highest BCUT2D eigenvalue weighted by Crippen LogP contribution is 2.33. The fraction of sp³-hybridized carbons (Fsp3) is 0.150. The average Bonchev–Trinajstić information content (AvgIpc) is 3.35. The number of halogens is 3. The third kappa shape index (κ3) is 3.54. The maximum Gasteiger partial charge on any atom is 0.416 e. The fourth-order valence-electron chi connectivity index (χ4n) is 3.26. The lowest BCUT2D eigenvalue weighted by Crippen LogP contribution is -2.45. The number of anilines is 1. The summed E-state index contributed by atoms with van der Waals surface area (Å²) >= 11 is 0. The molecule has 3 amide bonds. The number of nitrogens with zero attached hydrogens (tertiary/aromatic N) is 4. The van der Waals surface area contributed by atoms with Crippen LogP contribution in [0.4, 0.5) is 18.9 Å². The number of fused-ring (bicyclic) bond motifs is 1. The zero-order valence-electron chi connectivity index (χ0n) is 15.9. The van der Waals surface area contributed by atoms with Crippen LogP contribution >= 0.6 is 0 Å². The number of aromatic nitrogens is 3. The minimum absolute atomic E-state index is 0.133. The third-order valence-electron chi connectivity index (χ3n) is 4.84. The Hall–Kier alpha value is -4.02. The quantitative estimate of drug-likeness (QED) is 0.644. The molecule has 1 atom stereocenters. The second kappa shape index (κ2) is 7.35. The molecule has 3 aromatic rings. The van der Waals surface area contributed by atoms with Gasteiger partial charge in [0.2, 0.25) is 5.91 Å². The Balaban J connectivity index is 1.65. The van der Waals surface area contributed by atoms with Crippen LogP contribution < -0.4 is 5.32 Å². The lowest BCUT2D eigenvalue weighted by molar-refractivity contribution is -0.137. The summed E-state index contributed by atoms with van der Waals surface area (Å²) in [7, 11) is 0. The van der Waals surface area contributed by atoms with E-state index in [4.69, 9.17) is 0 Å². The van der Waals surface area contributed by atoms with Crippen LogP contribution in [0.5, 0.6) is 0 Å². The molecule has 1 aliphatic rings. The number of hydrogen-bond donors (Lipinski definition) is 1. The van der Waals surface area contributed by atoms with Gasteiger partial charge in [-0.3, -0.25) is 19.3 Å². The first kappa shape index (κ1) is 20.3. The molecule has 0 spiro atoms. The topological polar surface area (TPSA) is 97.2 Å². The van der Waals surface area contributed by atoms with Crippen molar-refractivity contribution in [3.8, 4) is 5.69 Å². The van der Waals surface area contributed by atoms with Gasteiger partial charge >= 0.3 is 6.18 Å². The zero-order valence-corrected chi connectivity index (χ0v) is 15.9. The lowest BCUT2D eigenvalue weighted by Gasteiger charge is -2.22. The predicted octanol–water partition coefficient (Wildman–Crippen LogP) is 2.91. The van der Waals surface area contributed by atoms with Gasteiger partial charge in [-0.15, -0.1) is 0 Å². The molecule has 11 heteroatoms. The molecule has 0 bridgehead atoms. The van der Waals surface area contributed by atoms with Gasteiger partial charge in [-0.2, -0.15) is 18.3 Å². The summed E-state index contributed by atoms with van der Waals surface area (Å²) in [4.78, 5) is 42.6. The van der Waals surface area contributed by atoms with Gasteiger partial charge in [-0.1, -0.05) is 12.1 Å². The summed E-state index contributed by atoms with van der Waals surface area (Å²) in [5.41, 5.74) is -0.730. The van der Waals surface area contributed by atoms with Crippen LogP contribution in [-0.4, -0.2) is 43.4 Å². The van der Waals surface area contributed by atoms with Crippen LogP contribution in [0.3, 0.4) is 0 Å². The van der Waals surface area contributed by atoms with E-state index in [0.29, 0.717) is 0 Å². The number of rotatable bonds is 4. The third-order valence-corrected chi connectivity index (χ3v) is 4.84. The summed E-state index contributed by atoms with van der Waals surface area (Å²) in [6.07, 6.45) is -2.20. The Kier molecular flexibility index (Phi) is 4.80. The Labute approximate surface area is 173 Å². The van der Waals surface area contributed by atoms with Gasteiger partial charge in [0, 0.05) is 0 Å². The van der Waals surface area contributed by atoms with Crippen LogP contribution in [0, 0.1) is 0 Å². The van der Waals surface area contributed by atoms with Gasteiger partial charge in [-0.25, -0.2) is 9.67 Å². The van der Waals surface area contributed by atoms with Crippen molar-refractivity contribution in [2.75, 3.05) is 5.32 Å². The second-order valence-corrected chi connectivity index (χ2v) is 6.76. The van der Waals surface area contributed by atoms with E-state index in [1.165, 1.54) is 36.4 Å². The van der Waals surface area contributed by atoms with E-state index in [0.717, 1.165) is 23.1 Å². The first-order valence-corrected chi connectivity index (χ1v) is 9.02.